The topological polar surface area (TPSA) is 119 Å². The molecule has 0 spiro atoms. The number of amidine groups is 1. The molecule has 1 aliphatic rings. The van der Waals surface area contributed by atoms with Gasteiger partial charge < -0.3 is 14.4 Å². The normalized spacial score (nSPS) is 17.6. The number of nitrogens with zero attached hydrogens (tertiary/aromatic N) is 2. The number of hydrogen-bond donors (Lipinski definition) is 2. The van der Waals surface area contributed by atoms with Gasteiger partial charge in [0.05, 0.1) is 22.8 Å². The number of aryl methyl sites for hydroxylation is 1. The van der Waals surface area contributed by atoms with E-state index in [2.05, 4.69) is 35.6 Å². The van der Waals surface area contributed by atoms with Crippen molar-refractivity contribution in [1.29, 1.82) is 0 Å². The smallest absolute Gasteiger partial charge is 0.339 e. The molecule has 198 valence electrons. The number of pyridine rings is 1. The molecule has 3 aromatic rings. The Morgan fingerprint density at radius 1 is 1.24 bits per heavy atom. The van der Waals surface area contributed by atoms with Crippen LogP contribution in [0.3, 0.4) is 0 Å². The number of aromatic nitrogens is 1. The van der Waals surface area contributed by atoms with Crippen LogP contribution in [0.25, 0.3) is 11.1 Å². The monoisotopic (exact) mass is 562 g/mol. The number of sulfonamides is 1. The first-order chi connectivity index (χ1) is 17.2. The molecule has 1 aliphatic heterocycles. The summed E-state index contributed by atoms with van der Waals surface area (Å²) in [5, 5.41) is 7.37. The molecule has 0 radical (unpaired) electrons. The molecule has 1 aromatic carbocycles. The van der Waals surface area contributed by atoms with Crippen LogP contribution in [0.15, 0.2) is 50.8 Å². The van der Waals surface area contributed by atoms with Crippen LogP contribution in [0.2, 0.25) is 0 Å². The van der Waals surface area contributed by atoms with Crippen molar-refractivity contribution in [2.24, 2.45) is 10.2 Å². The fraction of sp³-hybridized carbons (Fsp3) is 0.360. The van der Waals surface area contributed by atoms with Crippen molar-refractivity contribution in [3.8, 4) is 11.1 Å². The van der Waals surface area contributed by atoms with E-state index in [0.29, 0.717) is 23.4 Å². The fourth-order valence-electron chi connectivity index (χ4n) is 4.10. The molecule has 0 saturated heterocycles. The number of benzene rings is 1. The van der Waals surface area contributed by atoms with E-state index in [0.717, 1.165) is 23.8 Å². The van der Waals surface area contributed by atoms with Gasteiger partial charge in [-0.15, -0.1) is 0 Å². The molecule has 1 unspecified atom stereocenters. The van der Waals surface area contributed by atoms with Crippen molar-refractivity contribution in [3.05, 3.63) is 62.7 Å². The molecule has 1 atom stereocenters. The van der Waals surface area contributed by atoms with Crippen molar-refractivity contribution in [3.63, 3.8) is 0 Å². The van der Waals surface area contributed by atoms with Crippen LogP contribution in [0, 0.1) is 12.3 Å². The predicted molar refractivity (Wildman–Crippen MR) is 152 cm³/mol. The van der Waals surface area contributed by atoms with E-state index in [-0.39, 0.29) is 27.8 Å². The number of thiophene rings is 1. The minimum atomic E-state index is -3.83. The van der Waals surface area contributed by atoms with E-state index in [1.807, 2.05) is 29.9 Å². The number of nitrogens with one attached hydrogen (secondary N) is 2. The zero-order chi connectivity index (χ0) is 27.2. The summed E-state index contributed by atoms with van der Waals surface area (Å²) < 4.78 is 51.2. The third-order valence-corrected chi connectivity index (χ3v) is 9.27. The molecule has 0 bridgehead atoms. The van der Waals surface area contributed by atoms with Gasteiger partial charge >= 0.3 is 7.52 Å². The minimum absolute atomic E-state index is 0.0239. The average Bonchev–Trinajstić information content (AvgIpc) is 3.32. The fourth-order valence-corrected chi connectivity index (χ4v) is 6.85. The maximum Gasteiger partial charge on any atom is 0.348 e. The number of hydrogen-bond acceptors (Lipinski definition) is 7. The molecule has 0 amide bonds. The van der Waals surface area contributed by atoms with E-state index in [4.69, 9.17) is 4.52 Å². The highest BCUT2D eigenvalue weighted by Crippen LogP contribution is 2.51. The van der Waals surface area contributed by atoms with E-state index < -0.39 is 17.5 Å². The molecular formula is C25H31N4O5PS2. The Bertz CT molecular complexity index is 1590. The quantitative estimate of drug-likeness (QED) is 0.390. The first-order valence-electron chi connectivity index (χ1n) is 11.6. The zero-order valence-electron chi connectivity index (χ0n) is 21.7. The van der Waals surface area contributed by atoms with Crippen LogP contribution in [-0.2, 0) is 25.7 Å². The van der Waals surface area contributed by atoms with Gasteiger partial charge in [0, 0.05) is 31.1 Å². The molecule has 0 saturated carbocycles. The molecular weight excluding hydrogens is 531 g/mol. The van der Waals surface area contributed by atoms with Crippen molar-refractivity contribution in [1.82, 2.24) is 4.57 Å². The Balaban J connectivity index is 1.89. The van der Waals surface area contributed by atoms with Gasteiger partial charge in [0.2, 0.25) is 10.0 Å². The molecule has 0 aliphatic carbocycles. The van der Waals surface area contributed by atoms with E-state index in [9.17, 15) is 17.8 Å². The summed E-state index contributed by atoms with van der Waals surface area (Å²) in [6.07, 6.45) is 3.70. The minimum Gasteiger partial charge on any atom is -0.339 e. The lowest BCUT2D eigenvalue weighted by molar-refractivity contribution is 0.348. The third-order valence-electron chi connectivity index (χ3n) is 6.05. The summed E-state index contributed by atoms with van der Waals surface area (Å²) in [5.41, 5.74) is 3.34. The molecule has 9 nitrogen and oxygen atoms in total. The number of rotatable bonds is 7. The van der Waals surface area contributed by atoms with Crippen molar-refractivity contribution in [2.75, 3.05) is 23.4 Å². The highest BCUT2D eigenvalue weighted by Gasteiger charge is 2.35. The lowest BCUT2D eigenvalue weighted by atomic mass is 9.92. The van der Waals surface area contributed by atoms with E-state index in [1.54, 1.807) is 28.0 Å². The van der Waals surface area contributed by atoms with Gasteiger partial charge in [0.1, 0.15) is 5.84 Å². The summed E-state index contributed by atoms with van der Waals surface area (Å²) in [6, 6.07) is 6.58. The molecule has 3 heterocycles. The largest absolute Gasteiger partial charge is 0.348 e. The Hall–Kier alpha value is -2.72. The second kappa shape index (κ2) is 9.87. The first kappa shape index (κ1) is 27.3. The second-order valence-electron chi connectivity index (χ2n) is 10.2. The van der Waals surface area contributed by atoms with Gasteiger partial charge in [0.25, 0.3) is 5.56 Å². The molecule has 0 fully saturated rings. The highest BCUT2D eigenvalue weighted by molar-refractivity contribution is 7.92. The van der Waals surface area contributed by atoms with Crippen molar-refractivity contribution < 1.29 is 17.5 Å². The Morgan fingerprint density at radius 3 is 2.57 bits per heavy atom. The molecule has 2 N–H and O–H groups in total. The maximum atomic E-state index is 13.9. The van der Waals surface area contributed by atoms with Crippen molar-refractivity contribution in [2.45, 2.75) is 40.7 Å². The summed E-state index contributed by atoms with van der Waals surface area (Å²) in [7, 11) is -6.08. The molecule has 37 heavy (non-hydrogen) atoms. The highest BCUT2D eigenvalue weighted by atomic mass is 32.2. The van der Waals surface area contributed by atoms with Crippen LogP contribution in [0.5, 0.6) is 0 Å². The summed E-state index contributed by atoms with van der Waals surface area (Å²) in [4.78, 5) is 13.8. The second-order valence-corrected chi connectivity index (χ2v) is 14.9. The lowest BCUT2D eigenvalue weighted by Gasteiger charge is -2.26. The van der Waals surface area contributed by atoms with E-state index in [1.165, 1.54) is 13.2 Å². The zero-order valence-corrected chi connectivity index (χ0v) is 24.2. The van der Waals surface area contributed by atoms with Crippen LogP contribution in [0.1, 0.15) is 38.3 Å². The Morgan fingerprint density at radius 2 is 1.97 bits per heavy atom. The van der Waals surface area contributed by atoms with Gasteiger partial charge in [-0.2, -0.15) is 16.1 Å². The van der Waals surface area contributed by atoms with Gasteiger partial charge in [-0.25, -0.2) is 8.42 Å². The van der Waals surface area contributed by atoms with Crippen LogP contribution in [-0.4, -0.2) is 32.2 Å². The summed E-state index contributed by atoms with van der Waals surface area (Å²) in [6.45, 7) is 8.74. The predicted octanol–water partition coefficient (Wildman–Crippen LogP) is 5.03. The lowest BCUT2D eigenvalue weighted by Crippen LogP contribution is -2.35. The van der Waals surface area contributed by atoms with Gasteiger partial charge in [0.15, 0.2) is 0 Å². The van der Waals surface area contributed by atoms with Crippen LogP contribution in [0.4, 0.5) is 11.4 Å². The third kappa shape index (κ3) is 5.90. The summed E-state index contributed by atoms with van der Waals surface area (Å²) in [5.74, 6) is 0.158. The number of anilines is 2. The Kier molecular flexibility index (Phi) is 7.29. The average molecular weight is 563 g/mol. The van der Waals surface area contributed by atoms with Crippen LogP contribution < -0.4 is 20.9 Å². The molecule has 2 aromatic heterocycles. The first-order valence-corrected chi connectivity index (χ1v) is 16.0. The maximum absolute atomic E-state index is 13.9. The molecule has 12 heteroatoms. The summed E-state index contributed by atoms with van der Waals surface area (Å²) >= 11 is 1.56. The SMILES string of the molecule is COP1(=O)N=C(c2c(C)c(-c3ccsc3)cn(CCC(C)(C)C)c2=O)Nc2ccc(NS(C)(=O)=O)cc21. The van der Waals surface area contributed by atoms with E-state index >= 15 is 0 Å². The molecule has 4 rings (SSSR count). The van der Waals surface area contributed by atoms with Gasteiger partial charge in [-0.05, 0) is 64.9 Å². The van der Waals surface area contributed by atoms with Gasteiger partial charge in [-0.3, -0.25) is 14.1 Å². The standard InChI is InChI=1S/C25H31N4O5PS2/c1-16-19(17-9-12-36-15-17)14-29(11-10-25(2,3)4)24(30)22(16)23-26-20-8-7-18(28-37(6,32)33)13-21(20)35(31,27-23)34-5/h7-9,12-15,28H,10-11H2,1-6H3,(H,26,27,31). The Labute approximate surface area is 221 Å². The van der Waals surface area contributed by atoms with Gasteiger partial charge in [-0.1, -0.05) is 20.8 Å². The number of fused-ring (bicyclic) bond motifs is 1. The van der Waals surface area contributed by atoms with Crippen LogP contribution >= 0.6 is 18.9 Å². The van der Waals surface area contributed by atoms with Crippen molar-refractivity contribution >= 4 is 51.4 Å².